The SMILES string of the molecule is CC(=O)Nc1cc(C(=O)O)ccc1-n1cncn1. The lowest BCUT2D eigenvalue weighted by Gasteiger charge is -2.10. The summed E-state index contributed by atoms with van der Waals surface area (Å²) in [6.07, 6.45) is 2.81. The normalized spacial score (nSPS) is 10.1. The number of benzene rings is 1. The van der Waals surface area contributed by atoms with Gasteiger partial charge < -0.3 is 10.4 Å². The number of carboxylic acid groups (broad SMARTS) is 1. The van der Waals surface area contributed by atoms with Gasteiger partial charge in [0.25, 0.3) is 0 Å². The number of carbonyl (C=O) groups is 2. The molecule has 1 aromatic carbocycles. The first-order valence-electron chi connectivity index (χ1n) is 5.08. The minimum atomic E-state index is -1.06. The van der Waals surface area contributed by atoms with Crippen molar-refractivity contribution in [2.45, 2.75) is 6.92 Å². The maximum Gasteiger partial charge on any atom is 0.335 e. The monoisotopic (exact) mass is 246 g/mol. The van der Waals surface area contributed by atoms with Gasteiger partial charge in [0.15, 0.2) is 0 Å². The average molecular weight is 246 g/mol. The fourth-order valence-corrected chi connectivity index (χ4v) is 1.49. The molecule has 0 bridgehead atoms. The predicted octanol–water partition coefficient (Wildman–Crippen LogP) is 0.924. The van der Waals surface area contributed by atoms with Crippen LogP contribution in [0, 0.1) is 0 Å². The van der Waals surface area contributed by atoms with Crippen LogP contribution in [0.1, 0.15) is 17.3 Å². The van der Waals surface area contributed by atoms with Crippen LogP contribution in [-0.2, 0) is 4.79 Å². The predicted molar refractivity (Wildman–Crippen MR) is 62.6 cm³/mol. The number of nitrogens with zero attached hydrogens (tertiary/aromatic N) is 3. The van der Waals surface area contributed by atoms with Crippen LogP contribution in [0.3, 0.4) is 0 Å². The first-order valence-corrected chi connectivity index (χ1v) is 5.08. The van der Waals surface area contributed by atoms with Gasteiger partial charge >= 0.3 is 5.97 Å². The summed E-state index contributed by atoms with van der Waals surface area (Å²) in [5.41, 5.74) is 1.00. The number of nitrogens with one attached hydrogen (secondary N) is 1. The van der Waals surface area contributed by atoms with Gasteiger partial charge in [0, 0.05) is 6.92 Å². The lowest BCUT2D eigenvalue weighted by Crippen LogP contribution is -2.11. The van der Waals surface area contributed by atoms with Gasteiger partial charge in [0.05, 0.1) is 16.9 Å². The molecule has 1 amide bonds. The van der Waals surface area contributed by atoms with Crippen molar-refractivity contribution < 1.29 is 14.7 Å². The van der Waals surface area contributed by atoms with Crippen LogP contribution >= 0.6 is 0 Å². The van der Waals surface area contributed by atoms with E-state index in [1.807, 2.05) is 0 Å². The Hall–Kier alpha value is -2.70. The molecule has 0 aliphatic heterocycles. The minimum Gasteiger partial charge on any atom is -0.478 e. The minimum absolute atomic E-state index is 0.0858. The van der Waals surface area contributed by atoms with E-state index in [0.717, 1.165) is 0 Å². The molecule has 0 unspecified atom stereocenters. The lowest BCUT2D eigenvalue weighted by atomic mass is 10.1. The highest BCUT2D eigenvalue weighted by Gasteiger charge is 2.11. The van der Waals surface area contributed by atoms with Gasteiger partial charge in [-0.15, -0.1) is 0 Å². The summed E-state index contributed by atoms with van der Waals surface area (Å²) in [5, 5.41) is 15.4. The standard InChI is InChI=1S/C11H10N4O3/c1-7(16)14-9-4-8(11(17)18)2-3-10(9)15-6-12-5-13-15/h2-6H,1H3,(H,14,16)(H,17,18). The van der Waals surface area contributed by atoms with E-state index in [2.05, 4.69) is 15.4 Å². The molecule has 0 fully saturated rings. The molecule has 1 heterocycles. The topological polar surface area (TPSA) is 97.1 Å². The first kappa shape index (κ1) is 11.8. The number of amides is 1. The van der Waals surface area contributed by atoms with E-state index in [1.165, 1.54) is 36.4 Å². The number of anilines is 1. The van der Waals surface area contributed by atoms with Gasteiger partial charge in [-0.05, 0) is 18.2 Å². The van der Waals surface area contributed by atoms with Crippen LogP contribution in [0.2, 0.25) is 0 Å². The van der Waals surface area contributed by atoms with Crippen molar-refractivity contribution in [2.24, 2.45) is 0 Å². The number of carboxylic acids is 1. The number of rotatable bonds is 3. The van der Waals surface area contributed by atoms with Crippen LogP contribution in [0.5, 0.6) is 0 Å². The molecule has 0 spiro atoms. The number of hydrogen-bond acceptors (Lipinski definition) is 4. The highest BCUT2D eigenvalue weighted by atomic mass is 16.4. The van der Waals surface area contributed by atoms with Crippen molar-refractivity contribution in [3.8, 4) is 5.69 Å². The molecule has 0 radical (unpaired) electrons. The molecule has 1 aromatic heterocycles. The summed E-state index contributed by atoms with van der Waals surface area (Å²) in [6.45, 7) is 1.35. The number of carbonyl (C=O) groups excluding carboxylic acids is 1. The van der Waals surface area contributed by atoms with Gasteiger partial charge in [-0.3, -0.25) is 4.79 Å². The Balaban J connectivity index is 2.52. The Morgan fingerprint density at radius 3 is 2.72 bits per heavy atom. The Morgan fingerprint density at radius 2 is 2.17 bits per heavy atom. The van der Waals surface area contributed by atoms with E-state index >= 15 is 0 Å². The molecule has 7 heteroatoms. The van der Waals surface area contributed by atoms with E-state index in [4.69, 9.17) is 5.11 Å². The molecule has 0 aliphatic carbocycles. The summed E-state index contributed by atoms with van der Waals surface area (Å²) in [5.74, 6) is -1.36. The summed E-state index contributed by atoms with van der Waals surface area (Å²) in [6, 6.07) is 4.37. The number of hydrogen-bond donors (Lipinski definition) is 2. The van der Waals surface area contributed by atoms with Gasteiger partial charge in [-0.25, -0.2) is 14.5 Å². The van der Waals surface area contributed by atoms with E-state index < -0.39 is 5.97 Å². The highest BCUT2D eigenvalue weighted by molar-refractivity contribution is 5.95. The third kappa shape index (κ3) is 2.34. The van der Waals surface area contributed by atoms with E-state index in [-0.39, 0.29) is 11.5 Å². The van der Waals surface area contributed by atoms with Crippen LogP contribution in [0.25, 0.3) is 5.69 Å². The Kier molecular flexibility index (Phi) is 3.05. The molecule has 92 valence electrons. The summed E-state index contributed by atoms with van der Waals surface area (Å²) < 4.78 is 1.44. The zero-order chi connectivity index (χ0) is 13.1. The van der Waals surface area contributed by atoms with Gasteiger partial charge in [-0.1, -0.05) is 0 Å². The maximum atomic E-state index is 11.1. The maximum absolute atomic E-state index is 11.1. The van der Waals surface area contributed by atoms with Crippen LogP contribution < -0.4 is 5.32 Å². The average Bonchev–Trinajstić information content (AvgIpc) is 2.81. The largest absolute Gasteiger partial charge is 0.478 e. The second-order valence-corrected chi connectivity index (χ2v) is 3.56. The van der Waals surface area contributed by atoms with Crippen molar-refractivity contribution in [1.29, 1.82) is 0 Å². The molecule has 2 rings (SSSR count). The van der Waals surface area contributed by atoms with Crippen molar-refractivity contribution >= 4 is 17.6 Å². The molecule has 2 aromatic rings. The van der Waals surface area contributed by atoms with Gasteiger partial charge in [-0.2, -0.15) is 5.10 Å². The van der Waals surface area contributed by atoms with Crippen LogP contribution in [-0.4, -0.2) is 31.7 Å². The highest BCUT2D eigenvalue weighted by Crippen LogP contribution is 2.21. The van der Waals surface area contributed by atoms with Crippen molar-refractivity contribution in [3.05, 3.63) is 36.4 Å². The quantitative estimate of drug-likeness (QED) is 0.839. The molecular formula is C11H10N4O3. The van der Waals surface area contributed by atoms with Crippen LogP contribution in [0.4, 0.5) is 5.69 Å². The zero-order valence-electron chi connectivity index (χ0n) is 9.49. The zero-order valence-corrected chi connectivity index (χ0v) is 9.49. The fraction of sp³-hybridized carbons (Fsp3) is 0.0909. The van der Waals surface area contributed by atoms with Crippen molar-refractivity contribution in [1.82, 2.24) is 14.8 Å². The fourth-order valence-electron chi connectivity index (χ4n) is 1.49. The van der Waals surface area contributed by atoms with E-state index in [0.29, 0.717) is 11.4 Å². The third-order valence-corrected chi connectivity index (χ3v) is 2.22. The molecular weight excluding hydrogens is 236 g/mol. The summed E-state index contributed by atoms with van der Waals surface area (Å²) >= 11 is 0. The lowest BCUT2D eigenvalue weighted by molar-refractivity contribution is -0.114. The molecule has 0 saturated heterocycles. The summed E-state index contributed by atoms with van der Waals surface area (Å²) in [4.78, 5) is 25.8. The molecule has 0 saturated carbocycles. The number of aromatic carboxylic acids is 1. The molecule has 2 N–H and O–H groups in total. The van der Waals surface area contributed by atoms with Gasteiger partial charge in [0.1, 0.15) is 12.7 Å². The summed E-state index contributed by atoms with van der Waals surface area (Å²) in [7, 11) is 0. The van der Waals surface area contributed by atoms with Crippen molar-refractivity contribution in [2.75, 3.05) is 5.32 Å². The smallest absolute Gasteiger partial charge is 0.335 e. The second kappa shape index (κ2) is 4.66. The van der Waals surface area contributed by atoms with Crippen LogP contribution in [0.15, 0.2) is 30.9 Å². The first-order chi connectivity index (χ1) is 8.58. The molecule has 0 aliphatic rings. The Morgan fingerprint density at radius 1 is 1.39 bits per heavy atom. The Labute approximate surface area is 102 Å². The molecule has 18 heavy (non-hydrogen) atoms. The van der Waals surface area contributed by atoms with E-state index in [9.17, 15) is 9.59 Å². The van der Waals surface area contributed by atoms with Gasteiger partial charge in [0.2, 0.25) is 5.91 Å². The Bertz CT molecular complexity index is 592. The van der Waals surface area contributed by atoms with Crippen molar-refractivity contribution in [3.63, 3.8) is 0 Å². The second-order valence-electron chi connectivity index (χ2n) is 3.56. The number of aromatic nitrogens is 3. The third-order valence-electron chi connectivity index (χ3n) is 2.22. The molecule has 7 nitrogen and oxygen atoms in total. The molecule has 0 atom stereocenters. The van der Waals surface area contributed by atoms with E-state index in [1.54, 1.807) is 6.07 Å².